The van der Waals surface area contributed by atoms with Crippen LogP contribution >= 0.6 is 0 Å². The van der Waals surface area contributed by atoms with Gasteiger partial charge in [-0.2, -0.15) is 0 Å². The van der Waals surface area contributed by atoms with Gasteiger partial charge in [0.25, 0.3) is 5.91 Å². The van der Waals surface area contributed by atoms with Gasteiger partial charge < -0.3 is 10.1 Å². The topological polar surface area (TPSA) is 84.5 Å². The Morgan fingerprint density at radius 3 is 2.37 bits per heavy atom. The lowest BCUT2D eigenvalue weighted by atomic mass is 10.00. The van der Waals surface area contributed by atoms with Crippen molar-refractivity contribution in [2.24, 2.45) is 0 Å². The quantitative estimate of drug-likeness (QED) is 0.736. The van der Waals surface area contributed by atoms with E-state index in [1.54, 1.807) is 12.1 Å². The first kappa shape index (κ1) is 20.2. The molecule has 27 heavy (non-hydrogen) atoms. The number of hydrogen-bond acceptors (Lipinski definition) is 4. The van der Waals surface area contributed by atoms with E-state index in [2.05, 4.69) is 10.6 Å². The molecule has 3 amide bonds. The summed E-state index contributed by atoms with van der Waals surface area (Å²) in [5, 5.41) is 4.75. The fourth-order valence-corrected chi connectivity index (χ4v) is 2.42. The van der Waals surface area contributed by atoms with Crippen molar-refractivity contribution in [3.8, 4) is 0 Å². The lowest BCUT2D eigenvalue weighted by Gasteiger charge is -2.12. The number of carbonyl (C=O) groups excluding carboxylic acids is 3. The van der Waals surface area contributed by atoms with Crippen LogP contribution in [-0.4, -0.2) is 30.6 Å². The average Bonchev–Trinajstić information content (AvgIpc) is 2.67. The van der Waals surface area contributed by atoms with Crippen LogP contribution in [0, 0.1) is 0 Å². The molecule has 6 heteroatoms. The van der Waals surface area contributed by atoms with Gasteiger partial charge >= 0.3 is 12.0 Å². The summed E-state index contributed by atoms with van der Waals surface area (Å²) in [4.78, 5) is 35.8. The highest BCUT2D eigenvalue weighted by Crippen LogP contribution is 2.15. The summed E-state index contributed by atoms with van der Waals surface area (Å²) in [6.07, 6.45) is 1.32. The lowest BCUT2D eigenvalue weighted by molar-refractivity contribution is -0.123. The van der Waals surface area contributed by atoms with Crippen LogP contribution in [0.4, 0.5) is 4.79 Å². The number of esters is 1. The number of amides is 3. The SMILES string of the molecule is CC[C@@H](C)NC(=O)NC(=O)COC(=O)c1ccccc1Cc1ccccc1. The molecule has 0 unspecified atom stereocenters. The second-order valence-corrected chi connectivity index (χ2v) is 6.23. The zero-order valence-electron chi connectivity index (χ0n) is 15.5. The van der Waals surface area contributed by atoms with Crippen LogP contribution in [0.3, 0.4) is 0 Å². The van der Waals surface area contributed by atoms with E-state index in [9.17, 15) is 14.4 Å². The minimum atomic E-state index is -0.676. The Hall–Kier alpha value is -3.15. The van der Waals surface area contributed by atoms with Gasteiger partial charge in [0.05, 0.1) is 5.56 Å². The number of nitrogens with one attached hydrogen (secondary N) is 2. The molecular formula is C21H24N2O4. The Bertz CT molecular complexity index is 790. The number of ether oxygens (including phenoxy) is 1. The number of imide groups is 1. The minimum Gasteiger partial charge on any atom is -0.452 e. The summed E-state index contributed by atoms with van der Waals surface area (Å²) in [5.41, 5.74) is 2.28. The zero-order chi connectivity index (χ0) is 19.6. The molecule has 0 heterocycles. The predicted octanol–water partition coefficient (Wildman–Crippen LogP) is 3.06. The van der Waals surface area contributed by atoms with Gasteiger partial charge in [-0.3, -0.25) is 10.1 Å². The van der Waals surface area contributed by atoms with Crippen molar-refractivity contribution in [3.63, 3.8) is 0 Å². The second-order valence-electron chi connectivity index (χ2n) is 6.23. The highest BCUT2D eigenvalue weighted by Gasteiger charge is 2.16. The summed E-state index contributed by atoms with van der Waals surface area (Å²) >= 11 is 0. The van der Waals surface area contributed by atoms with Crippen molar-refractivity contribution in [2.75, 3.05) is 6.61 Å². The van der Waals surface area contributed by atoms with Gasteiger partial charge in [-0.25, -0.2) is 9.59 Å². The largest absolute Gasteiger partial charge is 0.452 e. The Labute approximate surface area is 158 Å². The van der Waals surface area contributed by atoms with Gasteiger partial charge in [-0.15, -0.1) is 0 Å². The zero-order valence-corrected chi connectivity index (χ0v) is 15.5. The van der Waals surface area contributed by atoms with Crippen LogP contribution in [0.5, 0.6) is 0 Å². The molecule has 2 rings (SSSR count). The summed E-state index contributed by atoms with van der Waals surface area (Å²) in [6.45, 7) is 3.22. The molecule has 0 bridgehead atoms. The van der Waals surface area contributed by atoms with Crippen LogP contribution in [-0.2, 0) is 16.0 Å². The molecule has 6 nitrogen and oxygen atoms in total. The Morgan fingerprint density at radius 1 is 1.00 bits per heavy atom. The van der Waals surface area contributed by atoms with Gasteiger partial charge in [0.15, 0.2) is 6.61 Å². The third-order valence-electron chi connectivity index (χ3n) is 4.05. The van der Waals surface area contributed by atoms with Crippen LogP contribution in [0.1, 0.15) is 41.8 Å². The molecule has 0 aliphatic carbocycles. The molecule has 1 atom stereocenters. The number of benzene rings is 2. The predicted molar refractivity (Wildman–Crippen MR) is 102 cm³/mol. The smallest absolute Gasteiger partial charge is 0.338 e. The summed E-state index contributed by atoms with van der Waals surface area (Å²) in [5.74, 6) is -1.27. The highest BCUT2D eigenvalue weighted by molar-refractivity contribution is 5.97. The van der Waals surface area contributed by atoms with E-state index in [0.717, 1.165) is 17.5 Å². The van der Waals surface area contributed by atoms with Crippen LogP contribution in [0.25, 0.3) is 0 Å². The van der Waals surface area contributed by atoms with Crippen molar-refractivity contribution in [1.29, 1.82) is 0 Å². The standard InChI is InChI=1S/C21H24N2O4/c1-3-15(2)22-21(26)23-19(24)14-27-20(25)18-12-8-7-11-17(18)13-16-9-5-4-6-10-16/h4-12,15H,3,13-14H2,1-2H3,(H2,22,23,24,26)/t15-/m1/s1. The Kier molecular flexibility index (Phi) is 7.55. The molecule has 0 fully saturated rings. The van der Waals surface area contributed by atoms with E-state index in [4.69, 9.17) is 4.74 Å². The molecule has 0 saturated heterocycles. The first-order chi connectivity index (χ1) is 13.0. The molecule has 0 aliphatic heterocycles. The van der Waals surface area contributed by atoms with Gasteiger partial charge in [0.2, 0.25) is 0 Å². The van der Waals surface area contributed by atoms with E-state index in [1.807, 2.05) is 56.3 Å². The number of rotatable bonds is 7. The van der Waals surface area contributed by atoms with Crippen molar-refractivity contribution in [2.45, 2.75) is 32.7 Å². The van der Waals surface area contributed by atoms with Gasteiger partial charge in [-0.1, -0.05) is 55.5 Å². The molecule has 0 aromatic heterocycles. The first-order valence-corrected chi connectivity index (χ1v) is 8.89. The number of urea groups is 1. The molecule has 0 saturated carbocycles. The normalized spacial score (nSPS) is 11.3. The summed E-state index contributed by atoms with van der Waals surface area (Å²) < 4.78 is 5.07. The van der Waals surface area contributed by atoms with Gasteiger partial charge in [0.1, 0.15) is 0 Å². The molecule has 0 aliphatic rings. The second kappa shape index (κ2) is 10.1. The van der Waals surface area contributed by atoms with Crippen LogP contribution in [0.2, 0.25) is 0 Å². The minimum absolute atomic E-state index is 0.0507. The Balaban J connectivity index is 1.92. The van der Waals surface area contributed by atoms with Crippen molar-refractivity contribution < 1.29 is 19.1 Å². The first-order valence-electron chi connectivity index (χ1n) is 8.89. The van der Waals surface area contributed by atoms with Crippen molar-refractivity contribution in [1.82, 2.24) is 10.6 Å². The van der Waals surface area contributed by atoms with E-state index < -0.39 is 24.5 Å². The van der Waals surface area contributed by atoms with Crippen molar-refractivity contribution >= 4 is 17.9 Å². The third kappa shape index (κ3) is 6.58. The number of hydrogen-bond donors (Lipinski definition) is 2. The fourth-order valence-electron chi connectivity index (χ4n) is 2.42. The van der Waals surface area contributed by atoms with Crippen molar-refractivity contribution in [3.05, 3.63) is 71.3 Å². The molecule has 2 aromatic carbocycles. The maximum atomic E-state index is 12.4. The van der Waals surface area contributed by atoms with E-state index >= 15 is 0 Å². The molecular weight excluding hydrogens is 344 g/mol. The summed E-state index contributed by atoms with van der Waals surface area (Å²) in [6, 6.07) is 16.2. The molecule has 2 aromatic rings. The van der Waals surface area contributed by atoms with Gasteiger partial charge in [0, 0.05) is 6.04 Å². The maximum absolute atomic E-state index is 12.4. The third-order valence-corrected chi connectivity index (χ3v) is 4.05. The molecule has 142 valence electrons. The Morgan fingerprint density at radius 2 is 1.67 bits per heavy atom. The lowest BCUT2D eigenvalue weighted by Crippen LogP contribution is -2.44. The molecule has 0 spiro atoms. The number of carbonyl (C=O) groups is 3. The maximum Gasteiger partial charge on any atom is 0.338 e. The average molecular weight is 368 g/mol. The summed E-state index contributed by atoms with van der Waals surface area (Å²) in [7, 11) is 0. The van der Waals surface area contributed by atoms with E-state index in [-0.39, 0.29) is 6.04 Å². The van der Waals surface area contributed by atoms with E-state index in [0.29, 0.717) is 12.0 Å². The fraction of sp³-hybridized carbons (Fsp3) is 0.286. The van der Waals surface area contributed by atoms with Crippen LogP contribution < -0.4 is 10.6 Å². The highest BCUT2D eigenvalue weighted by atomic mass is 16.5. The molecule has 2 N–H and O–H groups in total. The van der Waals surface area contributed by atoms with Gasteiger partial charge in [-0.05, 0) is 37.0 Å². The van der Waals surface area contributed by atoms with Crippen LogP contribution in [0.15, 0.2) is 54.6 Å². The molecule has 0 radical (unpaired) electrons. The monoisotopic (exact) mass is 368 g/mol. The van der Waals surface area contributed by atoms with E-state index in [1.165, 1.54) is 0 Å².